The third-order valence-electron chi connectivity index (χ3n) is 2.99. The molecule has 3 rings (SSSR count). The highest BCUT2D eigenvalue weighted by Crippen LogP contribution is 2.21. The Hall–Kier alpha value is -2.76. The first-order valence-corrected chi connectivity index (χ1v) is 7.00. The molecule has 0 atom stereocenters. The van der Waals surface area contributed by atoms with E-state index in [0.29, 0.717) is 5.76 Å². The first kappa shape index (κ1) is 14.2. The molecule has 0 N–H and O–H groups in total. The van der Waals surface area contributed by atoms with E-state index in [0.717, 1.165) is 11.3 Å². The molecule has 1 aromatic carbocycles. The van der Waals surface area contributed by atoms with Crippen molar-refractivity contribution >= 4 is 0 Å². The smallest absolute Gasteiger partial charge is 0.437 e. The minimum atomic E-state index is -0.536. The van der Waals surface area contributed by atoms with Crippen molar-refractivity contribution in [3.05, 3.63) is 58.8 Å². The number of benzene rings is 1. The van der Waals surface area contributed by atoms with Gasteiger partial charge in [0.25, 0.3) is 5.89 Å². The molecule has 114 valence electrons. The Bertz CT molecular complexity index is 800. The second kappa shape index (κ2) is 5.93. The lowest BCUT2D eigenvalue weighted by Crippen LogP contribution is -2.17. The zero-order valence-electron chi connectivity index (χ0n) is 12.4. The fourth-order valence-electron chi connectivity index (χ4n) is 2.07. The Labute approximate surface area is 126 Å². The number of hydrogen-bond acceptors (Lipinski definition) is 5. The molecule has 0 aliphatic carbocycles. The summed E-state index contributed by atoms with van der Waals surface area (Å²) in [7, 11) is 0. The molecule has 6 nitrogen and oxygen atoms in total. The minimum absolute atomic E-state index is 0.0499. The van der Waals surface area contributed by atoms with Crippen LogP contribution in [-0.2, 0) is 6.54 Å². The summed E-state index contributed by atoms with van der Waals surface area (Å²) in [6.07, 6.45) is 1.55. The van der Waals surface area contributed by atoms with Gasteiger partial charge in [0.05, 0.1) is 18.9 Å². The van der Waals surface area contributed by atoms with Crippen LogP contribution in [0.4, 0.5) is 0 Å². The van der Waals surface area contributed by atoms with Crippen molar-refractivity contribution in [3.63, 3.8) is 0 Å². The van der Waals surface area contributed by atoms with E-state index in [1.54, 1.807) is 12.1 Å². The van der Waals surface area contributed by atoms with Crippen molar-refractivity contribution in [3.8, 4) is 17.4 Å². The summed E-state index contributed by atoms with van der Waals surface area (Å²) in [4.78, 5) is 11.9. The molecule has 0 saturated heterocycles. The van der Waals surface area contributed by atoms with Crippen LogP contribution in [0.15, 0.2) is 56.3 Å². The molecule has 0 unspecified atom stereocenters. The quantitative estimate of drug-likeness (QED) is 0.724. The predicted molar refractivity (Wildman–Crippen MR) is 79.8 cm³/mol. The van der Waals surface area contributed by atoms with E-state index in [-0.39, 0.29) is 18.5 Å². The summed E-state index contributed by atoms with van der Waals surface area (Å²) in [6.45, 7) is 4.17. The van der Waals surface area contributed by atoms with Gasteiger partial charge in [-0.15, -0.1) is 5.10 Å². The summed E-state index contributed by atoms with van der Waals surface area (Å²) in [6, 6.07) is 10.9. The van der Waals surface area contributed by atoms with Gasteiger partial charge < -0.3 is 13.6 Å². The average molecular weight is 300 g/mol. The van der Waals surface area contributed by atoms with E-state index in [1.165, 1.54) is 10.9 Å². The number of rotatable bonds is 5. The molecule has 22 heavy (non-hydrogen) atoms. The normalized spacial score (nSPS) is 11.0. The third kappa shape index (κ3) is 2.95. The van der Waals surface area contributed by atoms with Crippen molar-refractivity contribution in [2.24, 2.45) is 0 Å². The highest BCUT2D eigenvalue weighted by atomic mass is 16.5. The lowest BCUT2D eigenvalue weighted by atomic mass is 10.2. The number of para-hydroxylation sites is 1. The van der Waals surface area contributed by atoms with Gasteiger partial charge in [-0.1, -0.05) is 18.2 Å². The van der Waals surface area contributed by atoms with E-state index in [4.69, 9.17) is 13.6 Å². The maximum atomic E-state index is 11.9. The molecule has 0 radical (unpaired) electrons. The molecule has 2 aromatic heterocycles. The van der Waals surface area contributed by atoms with Crippen LogP contribution >= 0.6 is 0 Å². The van der Waals surface area contributed by atoms with E-state index in [2.05, 4.69) is 5.10 Å². The topological polar surface area (TPSA) is 70.4 Å². The standard InChI is InChI=1S/C16H16N2O4/c1-11(2)21-13-7-4-3-6-12(13)10-18-16(19)22-15(17-18)14-8-5-9-20-14/h3-9,11H,10H2,1-2H3. The molecule has 0 fully saturated rings. The molecule has 0 saturated carbocycles. The van der Waals surface area contributed by atoms with Crippen LogP contribution in [0.3, 0.4) is 0 Å². The predicted octanol–water partition coefficient (Wildman–Crippen LogP) is 2.93. The van der Waals surface area contributed by atoms with Gasteiger partial charge in [-0.05, 0) is 32.0 Å². The largest absolute Gasteiger partial charge is 0.491 e. The lowest BCUT2D eigenvalue weighted by molar-refractivity contribution is 0.239. The molecule has 0 amide bonds. The van der Waals surface area contributed by atoms with Crippen LogP contribution < -0.4 is 10.5 Å². The molecule has 0 aliphatic rings. The van der Waals surface area contributed by atoms with Gasteiger partial charge in [0, 0.05) is 5.56 Å². The fraction of sp³-hybridized carbons (Fsp3) is 0.250. The van der Waals surface area contributed by atoms with Crippen LogP contribution in [0.5, 0.6) is 5.75 Å². The van der Waals surface area contributed by atoms with Gasteiger partial charge in [0.2, 0.25) is 0 Å². The zero-order valence-corrected chi connectivity index (χ0v) is 12.4. The van der Waals surface area contributed by atoms with Crippen LogP contribution in [-0.4, -0.2) is 15.9 Å². The first-order valence-electron chi connectivity index (χ1n) is 7.00. The van der Waals surface area contributed by atoms with Crippen LogP contribution in [0.25, 0.3) is 11.7 Å². The van der Waals surface area contributed by atoms with Crippen molar-refractivity contribution < 1.29 is 13.6 Å². The summed E-state index contributed by atoms with van der Waals surface area (Å²) in [5.41, 5.74) is 0.859. The van der Waals surface area contributed by atoms with Gasteiger partial charge in [-0.3, -0.25) is 0 Å². The van der Waals surface area contributed by atoms with E-state index < -0.39 is 5.76 Å². The lowest BCUT2D eigenvalue weighted by Gasteiger charge is -2.13. The number of nitrogens with zero attached hydrogens (tertiary/aromatic N) is 2. The van der Waals surface area contributed by atoms with Crippen molar-refractivity contribution in [2.75, 3.05) is 0 Å². The van der Waals surface area contributed by atoms with Gasteiger partial charge in [0.1, 0.15) is 5.75 Å². The molecule has 6 heteroatoms. The summed E-state index contributed by atoms with van der Waals surface area (Å²) >= 11 is 0. The van der Waals surface area contributed by atoms with Crippen LogP contribution in [0.2, 0.25) is 0 Å². The molecule has 2 heterocycles. The molecular formula is C16H16N2O4. The number of aromatic nitrogens is 2. The summed E-state index contributed by atoms with van der Waals surface area (Å²) < 4.78 is 17.3. The molecule has 0 aliphatic heterocycles. The number of hydrogen-bond donors (Lipinski definition) is 0. The van der Waals surface area contributed by atoms with Gasteiger partial charge in [0.15, 0.2) is 5.76 Å². The molecular weight excluding hydrogens is 284 g/mol. The minimum Gasteiger partial charge on any atom is -0.491 e. The first-order chi connectivity index (χ1) is 10.6. The SMILES string of the molecule is CC(C)Oc1ccccc1Cn1nc(-c2ccco2)oc1=O. The van der Waals surface area contributed by atoms with Crippen LogP contribution in [0.1, 0.15) is 19.4 Å². The summed E-state index contributed by atoms with van der Waals surface area (Å²) in [5, 5.41) is 4.16. The van der Waals surface area contributed by atoms with Crippen LogP contribution in [0, 0.1) is 0 Å². The number of furan rings is 1. The van der Waals surface area contributed by atoms with E-state index in [9.17, 15) is 4.79 Å². The Kier molecular flexibility index (Phi) is 3.82. The fourth-order valence-corrected chi connectivity index (χ4v) is 2.07. The second-order valence-electron chi connectivity index (χ2n) is 5.08. The van der Waals surface area contributed by atoms with Gasteiger partial charge in [-0.2, -0.15) is 4.68 Å². The van der Waals surface area contributed by atoms with E-state index in [1.807, 2.05) is 38.1 Å². The molecule has 3 aromatic rings. The Morgan fingerprint density at radius 2 is 2.05 bits per heavy atom. The Balaban J connectivity index is 1.90. The monoisotopic (exact) mass is 300 g/mol. The highest BCUT2D eigenvalue weighted by Gasteiger charge is 2.14. The van der Waals surface area contributed by atoms with Crippen molar-refractivity contribution in [1.82, 2.24) is 9.78 Å². The highest BCUT2D eigenvalue weighted by molar-refractivity contribution is 5.42. The molecule has 0 bridgehead atoms. The average Bonchev–Trinajstić information content (AvgIpc) is 3.11. The molecule has 0 spiro atoms. The van der Waals surface area contributed by atoms with E-state index >= 15 is 0 Å². The third-order valence-corrected chi connectivity index (χ3v) is 2.99. The van der Waals surface area contributed by atoms with Crippen molar-refractivity contribution in [2.45, 2.75) is 26.5 Å². The summed E-state index contributed by atoms with van der Waals surface area (Å²) in [5.74, 6) is 0.775. The Morgan fingerprint density at radius 3 is 2.77 bits per heavy atom. The maximum absolute atomic E-state index is 11.9. The van der Waals surface area contributed by atoms with Gasteiger partial charge in [-0.25, -0.2) is 4.79 Å². The van der Waals surface area contributed by atoms with Crippen molar-refractivity contribution in [1.29, 1.82) is 0 Å². The number of ether oxygens (including phenoxy) is 1. The van der Waals surface area contributed by atoms with Gasteiger partial charge >= 0.3 is 5.76 Å². The second-order valence-corrected chi connectivity index (χ2v) is 5.08. The zero-order chi connectivity index (χ0) is 15.5. The maximum Gasteiger partial charge on any atom is 0.437 e. The Morgan fingerprint density at radius 1 is 1.23 bits per heavy atom.